The summed E-state index contributed by atoms with van der Waals surface area (Å²) in [4.78, 5) is 12.6. The van der Waals surface area contributed by atoms with E-state index in [2.05, 4.69) is 5.32 Å². The van der Waals surface area contributed by atoms with Gasteiger partial charge in [-0.25, -0.2) is 8.42 Å². The number of benzene rings is 1. The summed E-state index contributed by atoms with van der Waals surface area (Å²) in [6, 6.07) is 4.95. The molecule has 0 spiro atoms. The number of nitrogens with zero attached hydrogens (tertiary/aromatic N) is 1. The molecule has 0 aromatic heterocycles. The smallest absolute Gasteiger partial charge is 0.247 e. The number of ether oxygens (including phenoxy) is 1. The number of sulfonamides is 1. The van der Waals surface area contributed by atoms with Crippen LogP contribution in [-0.4, -0.2) is 44.9 Å². The fourth-order valence-electron chi connectivity index (χ4n) is 3.41. The SMILES string of the molecule is COc1ccc(C)cc1S(=O)(=O)N(CC(=O)NCC(C)C)C1CCCCC1. The predicted octanol–water partition coefficient (Wildman–Crippen LogP) is 3.10. The Morgan fingerprint density at radius 1 is 1.26 bits per heavy atom. The molecule has 1 aliphatic carbocycles. The van der Waals surface area contributed by atoms with Gasteiger partial charge in [0, 0.05) is 12.6 Å². The molecule has 1 aromatic rings. The molecule has 2 rings (SSSR count). The molecule has 1 saturated carbocycles. The van der Waals surface area contributed by atoms with E-state index in [0.29, 0.717) is 18.2 Å². The van der Waals surface area contributed by atoms with Gasteiger partial charge in [-0.1, -0.05) is 39.2 Å². The van der Waals surface area contributed by atoms with Gasteiger partial charge in [0.25, 0.3) is 0 Å². The van der Waals surface area contributed by atoms with Crippen LogP contribution in [0.15, 0.2) is 23.1 Å². The van der Waals surface area contributed by atoms with Gasteiger partial charge >= 0.3 is 0 Å². The highest BCUT2D eigenvalue weighted by atomic mass is 32.2. The van der Waals surface area contributed by atoms with Gasteiger partial charge in [0.2, 0.25) is 15.9 Å². The summed E-state index contributed by atoms with van der Waals surface area (Å²) < 4.78 is 33.7. The first-order valence-corrected chi connectivity index (χ1v) is 11.1. The van der Waals surface area contributed by atoms with Crippen LogP contribution >= 0.6 is 0 Å². The largest absolute Gasteiger partial charge is 0.495 e. The van der Waals surface area contributed by atoms with E-state index >= 15 is 0 Å². The van der Waals surface area contributed by atoms with Crippen LogP contribution in [0.3, 0.4) is 0 Å². The zero-order chi connectivity index (χ0) is 20.0. The van der Waals surface area contributed by atoms with Gasteiger partial charge in [-0.15, -0.1) is 0 Å². The molecule has 0 bridgehead atoms. The second-order valence-corrected chi connectivity index (χ2v) is 9.55. The summed E-state index contributed by atoms with van der Waals surface area (Å²) >= 11 is 0. The van der Waals surface area contributed by atoms with Crippen molar-refractivity contribution in [3.8, 4) is 5.75 Å². The lowest BCUT2D eigenvalue weighted by atomic mass is 9.95. The molecular weight excluding hydrogens is 364 g/mol. The first-order valence-electron chi connectivity index (χ1n) is 9.69. The van der Waals surface area contributed by atoms with Gasteiger partial charge in [-0.05, 0) is 43.4 Å². The standard InChI is InChI=1S/C20H32N2O4S/c1-15(2)13-21-20(23)14-22(17-8-6-5-7-9-17)27(24,25)19-12-16(3)10-11-18(19)26-4/h10-12,15,17H,5-9,13-14H2,1-4H3,(H,21,23). The summed E-state index contributed by atoms with van der Waals surface area (Å²) in [5, 5.41) is 2.84. The van der Waals surface area contributed by atoms with Crippen LogP contribution in [0.2, 0.25) is 0 Å². The minimum Gasteiger partial charge on any atom is -0.495 e. The molecule has 6 nitrogen and oxygen atoms in total. The van der Waals surface area contributed by atoms with E-state index in [1.165, 1.54) is 11.4 Å². The molecule has 0 unspecified atom stereocenters. The Bertz CT molecular complexity index is 740. The minimum absolute atomic E-state index is 0.132. The molecule has 1 N–H and O–H groups in total. The molecule has 0 radical (unpaired) electrons. The van der Waals surface area contributed by atoms with Crippen molar-refractivity contribution in [2.24, 2.45) is 5.92 Å². The van der Waals surface area contributed by atoms with E-state index in [1.807, 2.05) is 26.8 Å². The Morgan fingerprint density at radius 2 is 1.93 bits per heavy atom. The molecule has 0 aliphatic heterocycles. The van der Waals surface area contributed by atoms with E-state index < -0.39 is 10.0 Å². The summed E-state index contributed by atoms with van der Waals surface area (Å²) in [6.07, 6.45) is 4.64. The van der Waals surface area contributed by atoms with Crippen molar-refractivity contribution in [3.05, 3.63) is 23.8 Å². The number of carbonyl (C=O) groups excluding carboxylic acids is 1. The molecule has 0 atom stereocenters. The monoisotopic (exact) mass is 396 g/mol. The Labute approximate surface area is 163 Å². The van der Waals surface area contributed by atoms with E-state index in [1.54, 1.807) is 12.1 Å². The third-order valence-corrected chi connectivity index (χ3v) is 6.81. The second kappa shape index (κ2) is 9.55. The lowest BCUT2D eigenvalue weighted by molar-refractivity contribution is -0.121. The topological polar surface area (TPSA) is 75.7 Å². The number of carbonyl (C=O) groups is 1. The van der Waals surface area contributed by atoms with Crippen molar-refractivity contribution in [1.29, 1.82) is 0 Å². The number of aryl methyl sites for hydroxylation is 1. The number of hydrogen-bond donors (Lipinski definition) is 1. The quantitative estimate of drug-likeness (QED) is 0.733. The van der Waals surface area contributed by atoms with Crippen molar-refractivity contribution in [1.82, 2.24) is 9.62 Å². The van der Waals surface area contributed by atoms with Gasteiger partial charge in [0.1, 0.15) is 10.6 Å². The Balaban J connectivity index is 2.36. The van der Waals surface area contributed by atoms with E-state index in [9.17, 15) is 13.2 Å². The van der Waals surface area contributed by atoms with Crippen molar-refractivity contribution >= 4 is 15.9 Å². The minimum atomic E-state index is -3.85. The van der Waals surface area contributed by atoms with E-state index in [-0.39, 0.29) is 23.4 Å². The van der Waals surface area contributed by atoms with Crippen LogP contribution in [-0.2, 0) is 14.8 Å². The Kier molecular flexibility index (Phi) is 7.68. The number of amides is 1. The van der Waals surface area contributed by atoms with Gasteiger partial charge in [0.15, 0.2) is 0 Å². The number of hydrogen-bond acceptors (Lipinski definition) is 4. The van der Waals surface area contributed by atoms with Crippen molar-refractivity contribution in [2.45, 2.75) is 63.8 Å². The first-order chi connectivity index (χ1) is 12.8. The fraction of sp³-hybridized carbons (Fsp3) is 0.650. The van der Waals surface area contributed by atoms with Crippen LogP contribution < -0.4 is 10.1 Å². The van der Waals surface area contributed by atoms with Gasteiger partial charge in [-0.3, -0.25) is 4.79 Å². The Morgan fingerprint density at radius 3 is 2.52 bits per heavy atom. The molecule has 0 saturated heterocycles. The van der Waals surface area contributed by atoms with Gasteiger partial charge < -0.3 is 10.1 Å². The fourth-order valence-corrected chi connectivity index (χ4v) is 5.29. The highest BCUT2D eigenvalue weighted by molar-refractivity contribution is 7.89. The molecular formula is C20H32N2O4S. The van der Waals surface area contributed by atoms with Crippen LogP contribution in [0.1, 0.15) is 51.5 Å². The number of methoxy groups -OCH3 is 1. The van der Waals surface area contributed by atoms with Crippen LogP contribution in [0, 0.1) is 12.8 Å². The first kappa shape index (κ1) is 21.7. The maximum absolute atomic E-state index is 13.5. The van der Waals surface area contributed by atoms with Crippen LogP contribution in [0.5, 0.6) is 5.75 Å². The third kappa shape index (κ3) is 5.69. The maximum atomic E-state index is 13.5. The van der Waals surface area contributed by atoms with Crippen molar-refractivity contribution in [3.63, 3.8) is 0 Å². The van der Waals surface area contributed by atoms with E-state index in [4.69, 9.17) is 4.74 Å². The van der Waals surface area contributed by atoms with Gasteiger partial charge in [0.05, 0.1) is 13.7 Å². The third-order valence-electron chi connectivity index (χ3n) is 4.89. The number of nitrogens with one attached hydrogen (secondary N) is 1. The molecule has 1 aromatic carbocycles. The molecule has 1 amide bonds. The molecule has 27 heavy (non-hydrogen) atoms. The lowest BCUT2D eigenvalue weighted by Gasteiger charge is -2.33. The molecule has 152 valence electrons. The van der Waals surface area contributed by atoms with Crippen molar-refractivity contribution in [2.75, 3.05) is 20.2 Å². The number of rotatable bonds is 8. The highest BCUT2D eigenvalue weighted by Gasteiger charge is 2.35. The molecule has 0 heterocycles. The average Bonchev–Trinajstić information content (AvgIpc) is 2.65. The van der Waals surface area contributed by atoms with Crippen LogP contribution in [0.4, 0.5) is 0 Å². The summed E-state index contributed by atoms with van der Waals surface area (Å²) in [5.74, 6) is 0.360. The highest BCUT2D eigenvalue weighted by Crippen LogP contribution is 2.32. The summed E-state index contributed by atoms with van der Waals surface area (Å²) in [6.45, 7) is 6.24. The van der Waals surface area contributed by atoms with E-state index in [0.717, 1.165) is 37.7 Å². The maximum Gasteiger partial charge on any atom is 0.247 e. The predicted molar refractivity (Wildman–Crippen MR) is 106 cm³/mol. The Hall–Kier alpha value is -1.60. The molecule has 1 aliphatic rings. The van der Waals surface area contributed by atoms with Crippen LogP contribution in [0.25, 0.3) is 0 Å². The zero-order valence-electron chi connectivity index (χ0n) is 16.8. The molecule has 1 fully saturated rings. The average molecular weight is 397 g/mol. The lowest BCUT2D eigenvalue weighted by Crippen LogP contribution is -2.47. The summed E-state index contributed by atoms with van der Waals surface area (Å²) in [7, 11) is -2.39. The molecule has 7 heteroatoms. The second-order valence-electron chi connectivity index (χ2n) is 7.69. The van der Waals surface area contributed by atoms with Crippen molar-refractivity contribution < 1.29 is 17.9 Å². The van der Waals surface area contributed by atoms with Gasteiger partial charge in [-0.2, -0.15) is 4.31 Å². The zero-order valence-corrected chi connectivity index (χ0v) is 17.6. The normalized spacial score (nSPS) is 15.9. The summed E-state index contributed by atoms with van der Waals surface area (Å²) in [5.41, 5.74) is 0.835.